The monoisotopic (exact) mass is 331 g/mol. The Morgan fingerprint density at radius 3 is 2.62 bits per heavy atom. The number of para-hydroxylation sites is 1. The van der Waals surface area contributed by atoms with Crippen LogP contribution >= 0.6 is 0 Å². The maximum atomic E-state index is 13.3. The van der Waals surface area contributed by atoms with Crippen LogP contribution in [0.15, 0.2) is 30.3 Å². The molecule has 0 saturated carbocycles. The molecule has 0 N–H and O–H groups in total. The van der Waals surface area contributed by atoms with Gasteiger partial charge in [0.15, 0.2) is 0 Å². The summed E-state index contributed by atoms with van der Waals surface area (Å²) in [6, 6.07) is 9.58. The lowest BCUT2D eigenvalue weighted by Gasteiger charge is -2.44. The molecule has 2 saturated heterocycles. The van der Waals surface area contributed by atoms with Crippen molar-refractivity contribution in [3.8, 4) is 0 Å². The highest BCUT2D eigenvalue weighted by Gasteiger charge is 2.57. The molecule has 24 heavy (non-hydrogen) atoms. The lowest BCUT2D eigenvalue weighted by Crippen LogP contribution is -2.53. The molecule has 1 spiro atoms. The van der Waals surface area contributed by atoms with Crippen LogP contribution in [0.25, 0.3) is 0 Å². The molecule has 0 aliphatic carbocycles. The summed E-state index contributed by atoms with van der Waals surface area (Å²) in [5.74, 6) is -0.768. The topological polar surface area (TPSA) is 55.8 Å². The molecule has 2 fully saturated rings. The minimum Gasteiger partial charge on any atom is -0.458 e. The Balaban J connectivity index is 1.91. The first-order valence-corrected chi connectivity index (χ1v) is 8.59. The Kier molecular flexibility index (Phi) is 4.38. The number of benzene rings is 1. The number of hydrogen-bond donors (Lipinski definition) is 0. The SMILES string of the molecule is CCN(C(=O)[C@@H]1CC(=O)O[C@]12CCOC(C)(C)C2)c1ccccc1. The number of carbonyl (C=O) groups excluding carboxylic acids is 2. The number of carbonyl (C=O) groups is 2. The molecule has 0 aromatic heterocycles. The fourth-order valence-electron chi connectivity index (χ4n) is 4.01. The zero-order valence-electron chi connectivity index (χ0n) is 14.6. The first-order valence-electron chi connectivity index (χ1n) is 8.59. The molecule has 2 atom stereocenters. The lowest BCUT2D eigenvalue weighted by atomic mass is 9.75. The van der Waals surface area contributed by atoms with Gasteiger partial charge in [0.25, 0.3) is 0 Å². The fraction of sp³-hybridized carbons (Fsp3) is 0.579. The maximum absolute atomic E-state index is 13.3. The van der Waals surface area contributed by atoms with Gasteiger partial charge in [0.05, 0.1) is 24.5 Å². The van der Waals surface area contributed by atoms with Crippen molar-refractivity contribution in [2.24, 2.45) is 5.92 Å². The van der Waals surface area contributed by atoms with Crippen LogP contribution in [-0.4, -0.2) is 36.2 Å². The van der Waals surface area contributed by atoms with Crippen LogP contribution in [0.2, 0.25) is 0 Å². The van der Waals surface area contributed by atoms with Gasteiger partial charge < -0.3 is 14.4 Å². The van der Waals surface area contributed by atoms with Crippen molar-refractivity contribution in [3.63, 3.8) is 0 Å². The van der Waals surface area contributed by atoms with E-state index in [9.17, 15) is 9.59 Å². The molecule has 5 heteroatoms. The van der Waals surface area contributed by atoms with Crippen LogP contribution in [0, 0.1) is 5.92 Å². The predicted octanol–water partition coefficient (Wildman–Crippen LogP) is 2.93. The van der Waals surface area contributed by atoms with E-state index in [0.29, 0.717) is 26.0 Å². The Bertz CT molecular complexity index is 628. The highest BCUT2D eigenvalue weighted by Crippen LogP contribution is 2.46. The van der Waals surface area contributed by atoms with Crippen LogP contribution in [0.4, 0.5) is 5.69 Å². The standard InChI is InChI=1S/C19H25NO4/c1-4-20(14-8-6-5-7-9-14)17(22)15-12-16(21)24-19(15)10-11-23-18(2,3)13-19/h5-9,15H,4,10-13H2,1-3H3/t15-,19-/m0/s1. The molecule has 0 bridgehead atoms. The van der Waals surface area contributed by atoms with Gasteiger partial charge in [-0.1, -0.05) is 18.2 Å². The van der Waals surface area contributed by atoms with Gasteiger partial charge >= 0.3 is 5.97 Å². The zero-order valence-corrected chi connectivity index (χ0v) is 14.6. The fourth-order valence-corrected chi connectivity index (χ4v) is 4.01. The first-order chi connectivity index (χ1) is 11.4. The number of esters is 1. The highest BCUT2D eigenvalue weighted by atomic mass is 16.6. The van der Waals surface area contributed by atoms with Gasteiger partial charge in [-0.3, -0.25) is 9.59 Å². The molecule has 3 rings (SSSR count). The third-order valence-electron chi connectivity index (χ3n) is 5.01. The molecular weight excluding hydrogens is 306 g/mol. The van der Waals surface area contributed by atoms with Crippen LogP contribution < -0.4 is 4.90 Å². The smallest absolute Gasteiger partial charge is 0.307 e. The van der Waals surface area contributed by atoms with E-state index in [1.807, 2.05) is 51.1 Å². The Morgan fingerprint density at radius 2 is 2.00 bits per heavy atom. The normalized spacial score (nSPS) is 28.6. The van der Waals surface area contributed by atoms with Gasteiger partial charge in [-0.05, 0) is 32.9 Å². The van der Waals surface area contributed by atoms with Gasteiger partial charge in [0.2, 0.25) is 5.91 Å². The van der Waals surface area contributed by atoms with E-state index < -0.39 is 17.1 Å². The second-order valence-corrected chi connectivity index (χ2v) is 7.25. The summed E-state index contributed by atoms with van der Waals surface area (Å²) in [6.45, 7) is 6.97. The zero-order chi connectivity index (χ0) is 17.4. The molecule has 5 nitrogen and oxygen atoms in total. The lowest BCUT2D eigenvalue weighted by molar-refractivity contribution is -0.179. The van der Waals surface area contributed by atoms with Crippen molar-refractivity contribution in [1.29, 1.82) is 0 Å². The predicted molar refractivity (Wildman–Crippen MR) is 90.7 cm³/mol. The number of anilines is 1. The van der Waals surface area contributed by atoms with Crippen molar-refractivity contribution < 1.29 is 19.1 Å². The van der Waals surface area contributed by atoms with Gasteiger partial charge in [-0.25, -0.2) is 0 Å². The third-order valence-corrected chi connectivity index (χ3v) is 5.01. The molecule has 2 aliphatic rings. The van der Waals surface area contributed by atoms with Crippen LogP contribution in [0.3, 0.4) is 0 Å². The molecule has 1 aromatic carbocycles. The first kappa shape index (κ1) is 17.0. The van der Waals surface area contributed by atoms with E-state index in [1.165, 1.54) is 0 Å². The average Bonchev–Trinajstić information content (AvgIpc) is 2.83. The summed E-state index contributed by atoms with van der Waals surface area (Å²) < 4.78 is 11.5. The summed E-state index contributed by atoms with van der Waals surface area (Å²) >= 11 is 0. The molecule has 1 amide bonds. The average molecular weight is 331 g/mol. The minimum atomic E-state index is -0.738. The van der Waals surface area contributed by atoms with E-state index in [-0.39, 0.29) is 18.3 Å². The summed E-state index contributed by atoms with van der Waals surface area (Å²) in [5, 5.41) is 0. The Labute approximate surface area is 142 Å². The minimum absolute atomic E-state index is 0.0350. The van der Waals surface area contributed by atoms with Gasteiger partial charge in [0.1, 0.15) is 5.60 Å². The molecule has 0 unspecified atom stereocenters. The van der Waals surface area contributed by atoms with Crippen molar-refractivity contribution in [2.45, 2.75) is 51.2 Å². The second kappa shape index (κ2) is 6.20. The Morgan fingerprint density at radius 1 is 1.29 bits per heavy atom. The van der Waals surface area contributed by atoms with E-state index in [2.05, 4.69) is 0 Å². The van der Waals surface area contributed by atoms with Crippen molar-refractivity contribution in [2.75, 3.05) is 18.1 Å². The third kappa shape index (κ3) is 3.05. The van der Waals surface area contributed by atoms with Gasteiger partial charge in [-0.15, -0.1) is 0 Å². The molecule has 2 aliphatic heterocycles. The van der Waals surface area contributed by atoms with Gasteiger partial charge in [0, 0.05) is 25.1 Å². The van der Waals surface area contributed by atoms with E-state index >= 15 is 0 Å². The summed E-state index contributed by atoms with van der Waals surface area (Å²) in [5.41, 5.74) is -0.283. The summed E-state index contributed by atoms with van der Waals surface area (Å²) in [4.78, 5) is 27.1. The van der Waals surface area contributed by atoms with Crippen LogP contribution in [0.5, 0.6) is 0 Å². The van der Waals surface area contributed by atoms with Crippen LogP contribution in [0.1, 0.15) is 40.0 Å². The Hall–Kier alpha value is -1.88. The summed E-state index contributed by atoms with van der Waals surface area (Å²) in [7, 11) is 0. The second-order valence-electron chi connectivity index (χ2n) is 7.25. The number of nitrogens with zero attached hydrogens (tertiary/aromatic N) is 1. The summed E-state index contributed by atoms with van der Waals surface area (Å²) in [6.07, 6.45) is 1.28. The number of hydrogen-bond acceptors (Lipinski definition) is 4. The maximum Gasteiger partial charge on any atom is 0.307 e. The number of amides is 1. The van der Waals surface area contributed by atoms with E-state index in [4.69, 9.17) is 9.47 Å². The molecule has 0 radical (unpaired) electrons. The molecular formula is C19H25NO4. The number of rotatable bonds is 3. The highest BCUT2D eigenvalue weighted by molar-refractivity contribution is 5.98. The number of ether oxygens (including phenoxy) is 2. The molecule has 2 heterocycles. The molecule has 130 valence electrons. The van der Waals surface area contributed by atoms with Gasteiger partial charge in [-0.2, -0.15) is 0 Å². The van der Waals surface area contributed by atoms with Crippen molar-refractivity contribution in [1.82, 2.24) is 0 Å². The quantitative estimate of drug-likeness (QED) is 0.799. The largest absolute Gasteiger partial charge is 0.458 e. The molecule has 1 aromatic rings. The van der Waals surface area contributed by atoms with Crippen molar-refractivity contribution in [3.05, 3.63) is 30.3 Å². The van der Waals surface area contributed by atoms with Crippen LogP contribution in [-0.2, 0) is 19.1 Å². The van der Waals surface area contributed by atoms with Crippen molar-refractivity contribution >= 4 is 17.6 Å². The van der Waals surface area contributed by atoms with E-state index in [1.54, 1.807) is 4.90 Å². The van der Waals surface area contributed by atoms with E-state index in [0.717, 1.165) is 5.69 Å².